The largest absolute Gasteiger partial charge is 0.379 e. The lowest BCUT2D eigenvalue weighted by Crippen LogP contribution is -2.07. The Bertz CT molecular complexity index is 1100. The topological polar surface area (TPSA) is 78.4 Å². The summed E-state index contributed by atoms with van der Waals surface area (Å²) in [5, 5.41) is 12.5. The molecule has 0 unspecified atom stereocenters. The normalized spacial score (nSPS) is 11.6. The van der Waals surface area contributed by atoms with Gasteiger partial charge >= 0.3 is 0 Å². The van der Waals surface area contributed by atoms with E-state index in [1.54, 1.807) is 11.0 Å². The number of nitrogens with one attached hydrogen (secondary N) is 1. The summed E-state index contributed by atoms with van der Waals surface area (Å²) in [5.41, 5.74) is 5.81. The Morgan fingerprint density at radius 2 is 2.04 bits per heavy atom. The monoisotopic (exact) mass is 364 g/mol. The molecule has 8 nitrogen and oxygen atoms in total. The van der Waals surface area contributed by atoms with E-state index in [-0.39, 0.29) is 6.04 Å². The van der Waals surface area contributed by atoms with Crippen LogP contribution in [0.15, 0.2) is 30.9 Å². The molecule has 0 aromatic carbocycles. The van der Waals surface area contributed by atoms with Gasteiger partial charge in [-0.2, -0.15) is 10.2 Å². The average molecular weight is 364 g/mol. The first-order valence-electron chi connectivity index (χ1n) is 9.03. The van der Waals surface area contributed by atoms with Gasteiger partial charge in [0, 0.05) is 39.1 Å². The Balaban J connectivity index is 1.85. The first kappa shape index (κ1) is 17.3. The summed E-state index contributed by atoms with van der Waals surface area (Å²) < 4.78 is 5.81. The van der Waals surface area contributed by atoms with E-state index in [9.17, 15) is 0 Å². The highest BCUT2D eigenvalue weighted by Gasteiger charge is 2.19. The van der Waals surface area contributed by atoms with E-state index in [4.69, 9.17) is 10.1 Å². The molecule has 0 saturated heterocycles. The molecule has 8 heteroatoms. The Morgan fingerprint density at radius 1 is 1.22 bits per heavy atom. The highest BCUT2D eigenvalue weighted by Crippen LogP contribution is 2.31. The number of nitrogens with zero attached hydrogens (tertiary/aromatic N) is 7. The van der Waals surface area contributed by atoms with E-state index in [0.717, 1.165) is 40.5 Å². The van der Waals surface area contributed by atoms with Crippen molar-refractivity contribution in [1.82, 2.24) is 34.1 Å². The van der Waals surface area contributed by atoms with Gasteiger partial charge in [-0.1, -0.05) is 0 Å². The van der Waals surface area contributed by atoms with Gasteiger partial charge in [-0.05, 0) is 38.5 Å². The predicted molar refractivity (Wildman–Crippen MR) is 105 cm³/mol. The minimum Gasteiger partial charge on any atom is -0.379 e. The molecular weight excluding hydrogens is 340 g/mol. The predicted octanol–water partition coefficient (Wildman–Crippen LogP) is 3.07. The first-order valence-corrected chi connectivity index (χ1v) is 9.03. The molecule has 4 aromatic heterocycles. The Labute approximate surface area is 157 Å². The molecule has 0 aliphatic rings. The van der Waals surface area contributed by atoms with Crippen LogP contribution in [-0.4, -0.2) is 34.1 Å². The van der Waals surface area contributed by atoms with Gasteiger partial charge in [-0.3, -0.25) is 4.68 Å². The number of hydrogen-bond acceptors (Lipinski definition) is 5. The minimum absolute atomic E-state index is 0.237. The van der Waals surface area contributed by atoms with Crippen LogP contribution in [0.2, 0.25) is 0 Å². The van der Waals surface area contributed by atoms with Crippen molar-refractivity contribution >= 4 is 16.7 Å². The zero-order chi connectivity index (χ0) is 19.1. The Kier molecular flexibility index (Phi) is 4.18. The molecule has 0 atom stereocenters. The summed E-state index contributed by atoms with van der Waals surface area (Å²) in [7, 11) is 3.90. The van der Waals surface area contributed by atoms with Crippen LogP contribution in [0.3, 0.4) is 0 Å². The number of aryl methyl sites for hydroxylation is 3. The fourth-order valence-corrected chi connectivity index (χ4v) is 3.30. The molecule has 140 valence electrons. The highest BCUT2D eigenvalue weighted by atomic mass is 15.3. The molecule has 0 saturated carbocycles. The molecular formula is C19H24N8. The van der Waals surface area contributed by atoms with Crippen molar-refractivity contribution in [2.75, 3.05) is 5.32 Å². The number of rotatable bonds is 5. The van der Waals surface area contributed by atoms with Crippen molar-refractivity contribution in [1.29, 1.82) is 0 Å². The van der Waals surface area contributed by atoms with Crippen molar-refractivity contribution in [3.63, 3.8) is 0 Å². The number of pyridine rings is 1. The molecule has 0 amide bonds. The summed E-state index contributed by atoms with van der Waals surface area (Å²) in [6, 6.07) is 4.39. The zero-order valence-corrected chi connectivity index (χ0v) is 16.3. The highest BCUT2D eigenvalue weighted by molar-refractivity contribution is 5.92. The van der Waals surface area contributed by atoms with Crippen LogP contribution in [0.1, 0.15) is 31.1 Å². The van der Waals surface area contributed by atoms with Gasteiger partial charge in [0.15, 0.2) is 5.82 Å². The Hall–Kier alpha value is -3.16. The van der Waals surface area contributed by atoms with Crippen LogP contribution in [0.25, 0.3) is 22.6 Å². The molecule has 0 aliphatic carbocycles. The molecule has 0 fully saturated rings. The molecule has 0 aliphatic heterocycles. The van der Waals surface area contributed by atoms with E-state index >= 15 is 0 Å². The van der Waals surface area contributed by atoms with E-state index in [1.165, 1.54) is 5.56 Å². The quantitative estimate of drug-likeness (QED) is 0.589. The molecule has 4 rings (SSSR count). The summed E-state index contributed by atoms with van der Waals surface area (Å²) in [6.45, 7) is 6.98. The number of fused-ring (bicyclic) bond motifs is 1. The molecule has 0 radical (unpaired) electrons. The fourth-order valence-electron chi connectivity index (χ4n) is 3.30. The number of hydrogen-bond donors (Lipinski definition) is 1. The third kappa shape index (κ3) is 3.07. The third-order valence-electron chi connectivity index (χ3n) is 4.63. The average Bonchev–Trinajstić information content (AvgIpc) is 3.32. The van der Waals surface area contributed by atoms with Gasteiger partial charge in [-0.25, -0.2) is 14.6 Å². The van der Waals surface area contributed by atoms with Crippen LogP contribution in [0.4, 0.5) is 5.69 Å². The molecule has 1 N–H and O–H groups in total. The Morgan fingerprint density at radius 3 is 2.67 bits per heavy atom. The van der Waals surface area contributed by atoms with Gasteiger partial charge < -0.3 is 9.88 Å². The number of anilines is 1. The van der Waals surface area contributed by atoms with Crippen LogP contribution in [-0.2, 0) is 20.6 Å². The second-order valence-corrected chi connectivity index (χ2v) is 7.12. The molecule has 27 heavy (non-hydrogen) atoms. The second-order valence-electron chi connectivity index (χ2n) is 7.12. The maximum atomic E-state index is 4.85. The lowest BCUT2D eigenvalue weighted by atomic mass is 10.2. The first-order chi connectivity index (χ1) is 12.9. The van der Waals surface area contributed by atoms with Crippen LogP contribution >= 0.6 is 0 Å². The van der Waals surface area contributed by atoms with E-state index in [2.05, 4.69) is 41.5 Å². The SMILES string of the molecule is Cc1nn(C(C)C)c2c(NCc3ccn(C)c3)cc(-c3ncnn3C)nc12. The molecule has 4 heterocycles. The maximum absolute atomic E-state index is 4.85. The van der Waals surface area contributed by atoms with Crippen molar-refractivity contribution in [2.24, 2.45) is 14.1 Å². The van der Waals surface area contributed by atoms with E-state index < -0.39 is 0 Å². The standard InChI is InChI=1S/C19H24N8/c1-12(2)27-18-15(20-9-14-6-7-25(4)10-14)8-16(19-21-11-22-26(19)5)23-17(18)13(3)24-27/h6-8,10-12H,9H2,1-5H3,(H,20,23). The van der Waals surface area contributed by atoms with Crippen molar-refractivity contribution in [3.8, 4) is 11.5 Å². The van der Waals surface area contributed by atoms with Crippen molar-refractivity contribution in [3.05, 3.63) is 42.1 Å². The van der Waals surface area contributed by atoms with Crippen molar-refractivity contribution in [2.45, 2.75) is 33.4 Å². The minimum atomic E-state index is 0.237. The van der Waals surface area contributed by atoms with Crippen molar-refractivity contribution < 1.29 is 0 Å². The molecule has 0 bridgehead atoms. The van der Waals surface area contributed by atoms with Gasteiger partial charge in [-0.15, -0.1) is 0 Å². The molecule has 0 spiro atoms. The van der Waals surface area contributed by atoms with Crippen LogP contribution in [0.5, 0.6) is 0 Å². The lowest BCUT2D eigenvalue weighted by Gasteiger charge is -2.13. The summed E-state index contributed by atoms with van der Waals surface area (Å²) in [5.74, 6) is 0.733. The smallest absolute Gasteiger partial charge is 0.176 e. The van der Waals surface area contributed by atoms with Gasteiger partial charge in [0.05, 0.1) is 11.4 Å². The fraction of sp³-hybridized carbons (Fsp3) is 0.368. The maximum Gasteiger partial charge on any atom is 0.176 e. The summed E-state index contributed by atoms with van der Waals surface area (Å²) in [6.07, 6.45) is 5.70. The second kappa shape index (κ2) is 6.53. The van der Waals surface area contributed by atoms with Gasteiger partial charge in [0.2, 0.25) is 0 Å². The van der Waals surface area contributed by atoms with Gasteiger partial charge in [0.25, 0.3) is 0 Å². The number of aromatic nitrogens is 7. The van der Waals surface area contributed by atoms with E-state index in [0.29, 0.717) is 0 Å². The summed E-state index contributed by atoms with van der Waals surface area (Å²) in [4.78, 5) is 9.21. The third-order valence-corrected chi connectivity index (χ3v) is 4.63. The zero-order valence-electron chi connectivity index (χ0n) is 16.3. The lowest BCUT2D eigenvalue weighted by molar-refractivity contribution is 0.547. The van der Waals surface area contributed by atoms with E-state index in [1.807, 2.05) is 42.5 Å². The van der Waals surface area contributed by atoms with Gasteiger partial charge in [0.1, 0.15) is 23.1 Å². The van der Waals surface area contributed by atoms with Crippen LogP contribution in [0, 0.1) is 6.92 Å². The van der Waals surface area contributed by atoms with Crippen LogP contribution < -0.4 is 5.32 Å². The molecule has 4 aromatic rings. The summed E-state index contributed by atoms with van der Waals surface area (Å²) >= 11 is 0.